The summed E-state index contributed by atoms with van der Waals surface area (Å²) in [5.74, 6) is -1.14. The van der Waals surface area contributed by atoms with Crippen LogP contribution in [0.1, 0.15) is 31.8 Å². The lowest BCUT2D eigenvalue weighted by molar-refractivity contribution is -0.114. The van der Waals surface area contributed by atoms with E-state index in [-0.39, 0.29) is 11.5 Å². The number of ketones is 1. The number of carbonyl (C=O) groups is 3. The zero-order chi connectivity index (χ0) is 22.0. The summed E-state index contributed by atoms with van der Waals surface area (Å²) in [5.41, 5.74) is 2.69. The van der Waals surface area contributed by atoms with Crippen molar-refractivity contribution in [3.8, 4) is 0 Å². The second kappa shape index (κ2) is 8.53. The molecule has 6 nitrogen and oxygen atoms in total. The number of anilines is 1. The SMILES string of the molecule is CN1C(=O)C(=Cc2ccc(Cl)cc2)C(=O)c2cc(C(=O)NCc3cccnc3)ccc21. The van der Waals surface area contributed by atoms with Crippen molar-refractivity contribution in [1.82, 2.24) is 10.3 Å². The van der Waals surface area contributed by atoms with Crippen LogP contribution in [0.3, 0.4) is 0 Å². The van der Waals surface area contributed by atoms with Gasteiger partial charge in [-0.3, -0.25) is 19.4 Å². The molecule has 0 bridgehead atoms. The van der Waals surface area contributed by atoms with Gasteiger partial charge in [0.25, 0.3) is 11.8 Å². The number of aromatic nitrogens is 1. The maximum Gasteiger partial charge on any atom is 0.262 e. The fourth-order valence-corrected chi connectivity index (χ4v) is 3.45. The van der Waals surface area contributed by atoms with Gasteiger partial charge < -0.3 is 10.2 Å². The first-order valence-corrected chi connectivity index (χ1v) is 9.93. The van der Waals surface area contributed by atoms with E-state index >= 15 is 0 Å². The van der Waals surface area contributed by atoms with Gasteiger partial charge in [0.15, 0.2) is 0 Å². The summed E-state index contributed by atoms with van der Waals surface area (Å²) in [6.07, 6.45) is 4.87. The van der Waals surface area contributed by atoms with Crippen molar-refractivity contribution in [3.05, 3.63) is 99.8 Å². The highest BCUT2D eigenvalue weighted by Gasteiger charge is 2.33. The Balaban J connectivity index is 1.62. The van der Waals surface area contributed by atoms with E-state index in [1.165, 1.54) is 17.0 Å². The van der Waals surface area contributed by atoms with E-state index in [2.05, 4.69) is 10.3 Å². The average Bonchev–Trinajstić information content (AvgIpc) is 2.80. The highest BCUT2D eigenvalue weighted by molar-refractivity contribution is 6.36. The molecule has 0 radical (unpaired) electrons. The van der Waals surface area contributed by atoms with Crippen LogP contribution in [0.2, 0.25) is 5.02 Å². The molecule has 0 saturated heterocycles. The molecule has 0 unspecified atom stereocenters. The van der Waals surface area contributed by atoms with Crippen molar-refractivity contribution in [2.75, 3.05) is 11.9 Å². The first-order chi connectivity index (χ1) is 14.9. The number of rotatable bonds is 4. The highest BCUT2D eigenvalue weighted by Crippen LogP contribution is 2.31. The third-order valence-corrected chi connectivity index (χ3v) is 5.25. The van der Waals surface area contributed by atoms with Crippen molar-refractivity contribution >= 4 is 41.0 Å². The van der Waals surface area contributed by atoms with Crippen LogP contribution >= 0.6 is 11.6 Å². The number of nitrogens with zero attached hydrogens (tertiary/aromatic N) is 2. The number of halogens is 1. The fourth-order valence-electron chi connectivity index (χ4n) is 3.32. The zero-order valence-corrected chi connectivity index (χ0v) is 17.4. The average molecular weight is 432 g/mol. The molecule has 0 saturated carbocycles. The monoisotopic (exact) mass is 431 g/mol. The van der Waals surface area contributed by atoms with Crippen LogP contribution in [0.15, 0.2) is 72.6 Å². The van der Waals surface area contributed by atoms with Crippen LogP contribution < -0.4 is 10.2 Å². The zero-order valence-electron chi connectivity index (χ0n) is 16.6. The number of fused-ring (bicyclic) bond motifs is 1. The normalized spacial score (nSPS) is 14.5. The number of pyridine rings is 1. The molecule has 2 amide bonds. The van der Waals surface area contributed by atoms with Crippen molar-refractivity contribution in [3.63, 3.8) is 0 Å². The van der Waals surface area contributed by atoms with Crippen molar-refractivity contribution in [2.45, 2.75) is 6.54 Å². The lowest BCUT2D eigenvalue weighted by Gasteiger charge is -2.27. The molecule has 4 rings (SSSR count). The lowest BCUT2D eigenvalue weighted by Crippen LogP contribution is -2.37. The first-order valence-electron chi connectivity index (χ1n) is 9.55. The van der Waals surface area contributed by atoms with Crippen LogP contribution in [-0.4, -0.2) is 29.6 Å². The Kier molecular flexibility index (Phi) is 5.64. The van der Waals surface area contributed by atoms with Gasteiger partial charge in [0.05, 0.1) is 11.3 Å². The summed E-state index contributed by atoms with van der Waals surface area (Å²) >= 11 is 5.91. The highest BCUT2D eigenvalue weighted by atomic mass is 35.5. The number of nitrogens with one attached hydrogen (secondary N) is 1. The third-order valence-electron chi connectivity index (χ3n) is 5.00. The summed E-state index contributed by atoms with van der Waals surface area (Å²) in [6, 6.07) is 15.2. The number of likely N-dealkylation sites (N-methyl/N-ethyl adjacent to an activating group) is 1. The Labute approximate surface area is 184 Å². The number of hydrogen-bond acceptors (Lipinski definition) is 4. The molecule has 1 aliphatic rings. The Morgan fingerprint density at radius 1 is 1.13 bits per heavy atom. The topological polar surface area (TPSA) is 79.4 Å². The van der Waals surface area contributed by atoms with Crippen molar-refractivity contribution < 1.29 is 14.4 Å². The van der Waals surface area contributed by atoms with Crippen LogP contribution in [0.5, 0.6) is 0 Å². The largest absolute Gasteiger partial charge is 0.348 e. The second-order valence-corrected chi connectivity index (χ2v) is 7.52. The molecular formula is C24H18ClN3O3. The maximum absolute atomic E-state index is 13.1. The molecular weight excluding hydrogens is 414 g/mol. The van der Waals surface area contributed by atoms with E-state index in [1.807, 2.05) is 6.07 Å². The molecule has 1 N–H and O–H groups in total. The molecule has 0 spiro atoms. The second-order valence-electron chi connectivity index (χ2n) is 7.08. The van der Waals surface area contributed by atoms with E-state index in [0.717, 1.165) is 5.56 Å². The molecule has 2 aromatic carbocycles. The van der Waals surface area contributed by atoms with Gasteiger partial charge in [0.1, 0.15) is 0 Å². The maximum atomic E-state index is 13.1. The van der Waals surface area contributed by atoms with Gasteiger partial charge in [-0.15, -0.1) is 0 Å². The molecule has 1 aliphatic heterocycles. The van der Waals surface area contributed by atoms with Gasteiger partial charge in [-0.1, -0.05) is 29.8 Å². The van der Waals surface area contributed by atoms with E-state index in [9.17, 15) is 14.4 Å². The lowest BCUT2D eigenvalue weighted by atomic mass is 9.92. The minimum absolute atomic E-state index is 0.0326. The number of benzene rings is 2. The van der Waals surface area contributed by atoms with E-state index in [0.29, 0.717) is 33.9 Å². The third kappa shape index (κ3) is 4.25. The molecule has 3 aromatic rings. The summed E-state index contributed by atoms with van der Waals surface area (Å²) in [4.78, 5) is 43.9. The van der Waals surface area contributed by atoms with E-state index in [4.69, 9.17) is 11.6 Å². The van der Waals surface area contributed by atoms with Crippen molar-refractivity contribution in [1.29, 1.82) is 0 Å². The predicted molar refractivity (Wildman–Crippen MR) is 119 cm³/mol. The first kappa shape index (κ1) is 20.5. The Morgan fingerprint density at radius 2 is 1.90 bits per heavy atom. The summed E-state index contributed by atoms with van der Waals surface area (Å²) in [7, 11) is 1.60. The van der Waals surface area contributed by atoms with Gasteiger partial charge >= 0.3 is 0 Å². The van der Waals surface area contributed by atoms with E-state index < -0.39 is 11.7 Å². The summed E-state index contributed by atoms with van der Waals surface area (Å²) in [5, 5.41) is 3.38. The summed E-state index contributed by atoms with van der Waals surface area (Å²) < 4.78 is 0. The minimum atomic E-state index is -0.421. The predicted octanol–water partition coefficient (Wildman–Crippen LogP) is 3.91. The number of amides is 2. The van der Waals surface area contributed by atoms with Crippen LogP contribution in [0, 0.1) is 0 Å². The molecule has 31 heavy (non-hydrogen) atoms. The van der Waals surface area contributed by atoms with E-state index in [1.54, 1.807) is 61.9 Å². The molecule has 154 valence electrons. The van der Waals surface area contributed by atoms with Crippen molar-refractivity contribution in [2.24, 2.45) is 0 Å². The Morgan fingerprint density at radius 3 is 2.61 bits per heavy atom. The van der Waals surface area contributed by atoms with Gasteiger partial charge in [0.2, 0.25) is 5.78 Å². The van der Waals surface area contributed by atoms with Crippen LogP contribution in [-0.2, 0) is 11.3 Å². The van der Waals surface area contributed by atoms with Gasteiger partial charge in [0, 0.05) is 42.1 Å². The molecule has 0 atom stereocenters. The number of carbonyl (C=O) groups excluding carboxylic acids is 3. The van der Waals surface area contributed by atoms with Gasteiger partial charge in [-0.25, -0.2) is 0 Å². The standard InChI is InChI=1S/C24H18ClN3O3/c1-28-21-9-6-17(23(30)27-14-16-3-2-10-26-13-16)12-19(21)22(29)20(24(28)31)11-15-4-7-18(25)8-5-15/h2-13H,14H2,1H3,(H,27,30). The smallest absolute Gasteiger partial charge is 0.262 e. The molecule has 1 aromatic heterocycles. The Bertz CT molecular complexity index is 1200. The van der Waals surface area contributed by atoms with Crippen LogP contribution in [0.25, 0.3) is 6.08 Å². The Hall–Kier alpha value is -3.77. The molecule has 0 aliphatic carbocycles. The number of hydrogen-bond donors (Lipinski definition) is 1. The minimum Gasteiger partial charge on any atom is -0.348 e. The van der Waals surface area contributed by atoms with Gasteiger partial charge in [-0.2, -0.15) is 0 Å². The fraction of sp³-hybridized carbons (Fsp3) is 0.0833. The molecule has 7 heteroatoms. The summed E-state index contributed by atoms with van der Waals surface area (Å²) in [6.45, 7) is 0.317. The van der Waals surface area contributed by atoms with Crippen LogP contribution in [0.4, 0.5) is 5.69 Å². The molecule has 0 fully saturated rings. The molecule has 2 heterocycles. The van der Waals surface area contributed by atoms with Gasteiger partial charge in [-0.05, 0) is 53.6 Å². The quantitative estimate of drug-likeness (QED) is 0.501. The number of Topliss-reactive ketones (excluding diaryl/α,β-unsaturated/α-hetero) is 1.